The molecule has 0 aliphatic rings. The molecule has 0 radical (unpaired) electrons. The van der Waals surface area contributed by atoms with E-state index in [9.17, 15) is 4.79 Å². The number of carbonyl (C=O) groups is 1. The van der Waals surface area contributed by atoms with Crippen molar-refractivity contribution in [2.24, 2.45) is 0 Å². The van der Waals surface area contributed by atoms with Crippen molar-refractivity contribution in [2.45, 2.75) is 19.5 Å². The molecule has 3 rings (SSSR count). The molecule has 0 heterocycles. The van der Waals surface area contributed by atoms with E-state index in [1.54, 1.807) is 6.07 Å². The maximum atomic E-state index is 11.9. The van der Waals surface area contributed by atoms with Gasteiger partial charge < -0.3 is 9.64 Å². The predicted octanol–water partition coefficient (Wildman–Crippen LogP) is 5.24. The molecule has 0 spiro atoms. The van der Waals surface area contributed by atoms with E-state index in [1.165, 1.54) is 18.2 Å². The molecule has 26 heavy (non-hydrogen) atoms. The molecule has 0 N–H and O–H groups in total. The minimum Gasteiger partial charge on any atom is -0.465 e. The van der Waals surface area contributed by atoms with Gasteiger partial charge in [-0.3, -0.25) is 0 Å². The number of benzene rings is 3. The highest BCUT2D eigenvalue weighted by Gasteiger charge is 2.18. The third-order valence-electron chi connectivity index (χ3n) is 4.54. The van der Waals surface area contributed by atoms with Crippen molar-refractivity contribution in [2.75, 3.05) is 12.0 Å². The topological polar surface area (TPSA) is 29.5 Å². The molecule has 1 atom stereocenters. The molecule has 3 heteroatoms. The van der Waals surface area contributed by atoms with Crippen LogP contribution >= 0.6 is 0 Å². The summed E-state index contributed by atoms with van der Waals surface area (Å²) in [7, 11) is 1.41. The van der Waals surface area contributed by atoms with Gasteiger partial charge in [-0.05, 0) is 36.2 Å². The van der Waals surface area contributed by atoms with Crippen molar-refractivity contribution < 1.29 is 9.53 Å². The average Bonchev–Trinajstić information content (AvgIpc) is 2.72. The van der Waals surface area contributed by atoms with Crippen LogP contribution in [-0.2, 0) is 11.3 Å². The molecule has 0 bridgehead atoms. The number of rotatable bonds is 6. The van der Waals surface area contributed by atoms with E-state index in [2.05, 4.69) is 48.2 Å². The predicted molar refractivity (Wildman–Crippen MR) is 105 cm³/mol. The van der Waals surface area contributed by atoms with Gasteiger partial charge in [0.2, 0.25) is 0 Å². The van der Waals surface area contributed by atoms with Crippen molar-refractivity contribution in [3.63, 3.8) is 0 Å². The van der Waals surface area contributed by atoms with E-state index < -0.39 is 0 Å². The normalized spacial score (nSPS) is 11.6. The number of methoxy groups -OCH3 is 1. The Balaban J connectivity index is 1.99. The van der Waals surface area contributed by atoms with E-state index in [0.717, 1.165) is 12.2 Å². The zero-order valence-electron chi connectivity index (χ0n) is 15.1. The van der Waals surface area contributed by atoms with Crippen LogP contribution in [0.3, 0.4) is 0 Å². The first-order valence-corrected chi connectivity index (χ1v) is 8.73. The highest BCUT2D eigenvalue weighted by molar-refractivity contribution is 5.90. The summed E-state index contributed by atoms with van der Waals surface area (Å²) in [5, 5.41) is 0. The highest BCUT2D eigenvalue weighted by atomic mass is 16.5. The first-order valence-electron chi connectivity index (χ1n) is 8.73. The summed E-state index contributed by atoms with van der Waals surface area (Å²) in [6.45, 7) is 2.94. The summed E-state index contributed by atoms with van der Waals surface area (Å²) in [5.41, 5.74) is 4.00. The Morgan fingerprint density at radius 2 is 1.58 bits per heavy atom. The second-order valence-corrected chi connectivity index (χ2v) is 6.24. The third-order valence-corrected chi connectivity index (χ3v) is 4.54. The Bertz CT molecular complexity index is 846. The van der Waals surface area contributed by atoms with Gasteiger partial charge in [0, 0.05) is 12.2 Å². The van der Waals surface area contributed by atoms with Gasteiger partial charge >= 0.3 is 5.97 Å². The maximum absolute atomic E-state index is 11.9. The number of nitrogens with zero attached hydrogens (tertiary/aromatic N) is 1. The molecular formula is C23H23NO2. The van der Waals surface area contributed by atoms with Gasteiger partial charge in [0.25, 0.3) is 0 Å². The fourth-order valence-electron chi connectivity index (χ4n) is 3.07. The van der Waals surface area contributed by atoms with Crippen molar-refractivity contribution in [3.05, 3.63) is 102 Å². The van der Waals surface area contributed by atoms with Crippen LogP contribution in [0.1, 0.15) is 34.5 Å². The van der Waals surface area contributed by atoms with E-state index in [1.807, 2.05) is 42.5 Å². The van der Waals surface area contributed by atoms with Gasteiger partial charge in [0.05, 0.1) is 18.7 Å². The quantitative estimate of drug-likeness (QED) is 0.572. The molecule has 0 fully saturated rings. The van der Waals surface area contributed by atoms with Gasteiger partial charge in [0.15, 0.2) is 0 Å². The number of anilines is 1. The van der Waals surface area contributed by atoms with Crippen LogP contribution in [0.25, 0.3) is 0 Å². The van der Waals surface area contributed by atoms with Crippen molar-refractivity contribution >= 4 is 11.7 Å². The lowest BCUT2D eigenvalue weighted by molar-refractivity contribution is 0.0601. The first-order chi connectivity index (χ1) is 12.7. The molecule has 0 saturated carbocycles. The number of ether oxygens (including phenoxy) is 1. The van der Waals surface area contributed by atoms with E-state index >= 15 is 0 Å². The van der Waals surface area contributed by atoms with Crippen LogP contribution in [0, 0.1) is 0 Å². The molecule has 0 unspecified atom stereocenters. The van der Waals surface area contributed by atoms with E-state index in [0.29, 0.717) is 5.56 Å². The van der Waals surface area contributed by atoms with Crippen LogP contribution in [0.4, 0.5) is 5.69 Å². The first kappa shape index (κ1) is 17.7. The van der Waals surface area contributed by atoms with Crippen molar-refractivity contribution in [1.82, 2.24) is 0 Å². The summed E-state index contributed by atoms with van der Waals surface area (Å²) in [6, 6.07) is 28.5. The van der Waals surface area contributed by atoms with Crippen LogP contribution in [-0.4, -0.2) is 13.1 Å². The summed E-state index contributed by atoms with van der Waals surface area (Å²) in [5.74, 6) is -0.320. The maximum Gasteiger partial charge on any atom is 0.337 e. The Morgan fingerprint density at radius 1 is 0.923 bits per heavy atom. The molecular weight excluding hydrogens is 322 g/mol. The number of carbonyl (C=O) groups excluding carboxylic acids is 1. The van der Waals surface area contributed by atoms with Crippen molar-refractivity contribution in [3.8, 4) is 0 Å². The molecule has 0 aromatic heterocycles. The molecule has 3 nitrogen and oxygen atoms in total. The summed E-state index contributed by atoms with van der Waals surface area (Å²) in [6.07, 6.45) is 0. The Kier molecular flexibility index (Phi) is 5.69. The Labute approximate surface area is 154 Å². The monoisotopic (exact) mass is 345 g/mol. The number of hydrogen-bond donors (Lipinski definition) is 0. The fourth-order valence-corrected chi connectivity index (χ4v) is 3.07. The van der Waals surface area contributed by atoms with Crippen LogP contribution in [0.5, 0.6) is 0 Å². The van der Waals surface area contributed by atoms with Crippen LogP contribution in [0.15, 0.2) is 84.9 Å². The Hall–Kier alpha value is -3.07. The summed E-state index contributed by atoms with van der Waals surface area (Å²) >= 11 is 0. The van der Waals surface area contributed by atoms with Gasteiger partial charge in [-0.15, -0.1) is 0 Å². The SMILES string of the molecule is COC(=O)c1cccc(N(Cc2ccccc2)[C@@H](C)c2ccccc2)c1. The third kappa shape index (κ3) is 4.12. The second-order valence-electron chi connectivity index (χ2n) is 6.24. The Morgan fingerprint density at radius 3 is 2.23 bits per heavy atom. The minimum absolute atomic E-state index is 0.157. The largest absolute Gasteiger partial charge is 0.465 e. The number of hydrogen-bond acceptors (Lipinski definition) is 3. The molecule has 3 aromatic rings. The van der Waals surface area contributed by atoms with Gasteiger partial charge in [-0.2, -0.15) is 0 Å². The molecule has 132 valence electrons. The van der Waals surface area contributed by atoms with E-state index in [-0.39, 0.29) is 12.0 Å². The minimum atomic E-state index is -0.320. The lowest BCUT2D eigenvalue weighted by atomic mass is 10.0. The standard InChI is InChI=1S/C23H23NO2/c1-18(20-12-7-4-8-13-20)24(17-19-10-5-3-6-11-19)22-15-9-14-21(16-22)23(25)26-2/h3-16,18H,17H2,1-2H3/t18-/m0/s1. The molecule has 0 aliphatic heterocycles. The van der Waals surface area contributed by atoms with Gasteiger partial charge in [0.1, 0.15) is 0 Å². The zero-order valence-corrected chi connectivity index (χ0v) is 15.1. The smallest absolute Gasteiger partial charge is 0.337 e. The lowest BCUT2D eigenvalue weighted by Gasteiger charge is -2.32. The van der Waals surface area contributed by atoms with E-state index in [4.69, 9.17) is 4.74 Å². The highest BCUT2D eigenvalue weighted by Crippen LogP contribution is 2.29. The summed E-state index contributed by atoms with van der Waals surface area (Å²) < 4.78 is 4.88. The molecule has 3 aromatic carbocycles. The fraction of sp³-hybridized carbons (Fsp3) is 0.174. The van der Waals surface area contributed by atoms with Crippen LogP contribution < -0.4 is 4.90 Å². The molecule has 0 saturated heterocycles. The second kappa shape index (κ2) is 8.34. The number of esters is 1. The zero-order chi connectivity index (χ0) is 18.4. The van der Waals surface area contributed by atoms with Crippen molar-refractivity contribution in [1.29, 1.82) is 0 Å². The van der Waals surface area contributed by atoms with Gasteiger partial charge in [-0.1, -0.05) is 66.7 Å². The lowest BCUT2D eigenvalue weighted by Crippen LogP contribution is -2.26. The average molecular weight is 345 g/mol. The molecule has 0 amide bonds. The van der Waals surface area contributed by atoms with Crippen LogP contribution in [0.2, 0.25) is 0 Å². The molecule has 0 aliphatic carbocycles. The summed E-state index contributed by atoms with van der Waals surface area (Å²) in [4.78, 5) is 14.2. The van der Waals surface area contributed by atoms with Gasteiger partial charge in [-0.25, -0.2) is 4.79 Å².